The summed E-state index contributed by atoms with van der Waals surface area (Å²) in [5.74, 6) is -2.13. The first-order chi connectivity index (χ1) is 7.99. The quantitative estimate of drug-likeness (QED) is 0.850. The molecule has 0 radical (unpaired) electrons. The molecule has 0 saturated heterocycles. The molecule has 0 heterocycles. The van der Waals surface area contributed by atoms with E-state index in [-0.39, 0.29) is 16.7 Å². The summed E-state index contributed by atoms with van der Waals surface area (Å²) in [5.41, 5.74) is 0. The number of aliphatic carboxylic acids is 1. The monoisotopic (exact) mass is 254 g/mol. The first-order valence-electron chi connectivity index (χ1n) is 4.78. The normalized spacial score (nSPS) is 11.6. The summed E-state index contributed by atoms with van der Waals surface area (Å²) >= 11 is 0.0360. The summed E-state index contributed by atoms with van der Waals surface area (Å²) in [6.07, 6.45) is 0. The van der Waals surface area contributed by atoms with Crippen LogP contribution in [0.1, 0.15) is 0 Å². The highest BCUT2D eigenvalue weighted by Crippen LogP contribution is 2.37. The van der Waals surface area contributed by atoms with Crippen molar-refractivity contribution in [2.75, 3.05) is 0 Å². The molecule has 5 heteroatoms. The van der Waals surface area contributed by atoms with E-state index in [9.17, 15) is 13.6 Å². The number of halogens is 2. The molecule has 2 aromatic carbocycles. The Kier molecular flexibility index (Phi) is 3.02. The maximum absolute atomic E-state index is 13.0. The van der Waals surface area contributed by atoms with Gasteiger partial charge in [0, 0.05) is 4.90 Å². The number of fused-ring (bicyclic) bond motifs is 1. The van der Waals surface area contributed by atoms with Gasteiger partial charge >= 0.3 is 11.2 Å². The molecule has 0 bridgehead atoms. The molecule has 2 aromatic rings. The van der Waals surface area contributed by atoms with Gasteiger partial charge in [-0.1, -0.05) is 30.3 Å². The summed E-state index contributed by atoms with van der Waals surface area (Å²) in [6.45, 7) is 0. The predicted octanol–water partition coefficient (Wildman–Crippen LogP) is 3.61. The summed E-state index contributed by atoms with van der Waals surface area (Å²) in [5, 5.41) is 6.27. The number of alkyl halides is 2. The van der Waals surface area contributed by atoms with Crippen molar-refractivity contribution in [1.29, 1.82) is 0 Å². The van der Waals surface area contributed by atoms with Gasteiger partial charge in [0.05, 0.1) is 0 Å². The average Bonchev–Trinajstić information content (AvgIpc) is 2.28. The van der Waals surface area contributed by atoms with Crippen LogP contribution in [0, 0.1) is 0 Å². The second kappa shape index (κ2) is 4.33. The molecular formula is C12H8F2O2S. The lowest BCUT2D eigenvalue weighted by Gasteiger charge is -2.10. The molecule has 17 heavy (non-hydrogen) atoms. The number of carbonyl (C=O) groups is 1. The van der Waals surface area contributed by atoms with Crippen molar-refractivity contribution in [2.24, 2.45) is 0 Å². The Bertz CT molecular complexity index is 569. The molecule has 88 valence electrons. The van der Waals surface area contributed by atoms with E-state index in [0.29, 0.717) is 0 Å². The largest absolute Gasteiger partial charge is 0.476 e. The van der Waals surface area contributed by atoms with Gasteiger partial charge in [0.1, 0.15) is 0 Å². The Labute approximate surface area is 100 Å². The molecule has 0 aliphatic rings. The van der Waals surface area contributed by atoms with Crippen molar-refractivity contribution in [3.63, 3.8) is 0 Å². The smallest absolute Gasteiger partial charge is 0.393 e. The summed E-state index contributed by atoms with van der Waals surface area (Å²) in [6, 6.07) is 12.0. The number of benzene rings is 2. The lowest BCUT2D eigenvalue weighted by molar-refractivity contribution is -0.152. The highest BCUT2D eigenvalue weighted by Gasteiger charge is 2.40. The standard InChI is InChI=1S/C12H8F2O2S/c13-12(14,11(15)16)17-10-6-5-8-3-1-2-4-9(8)7-10/h1-7H,(H,15,16). The molecule has 0 amide bonds. The van der Waals surface area contributed by atoms with Gasteiger partial charge in [-0.25, -0.2) is 4.79 Å². The SMILES string of the molecule is O=C(O)C(F)(F)Sc1ccc2ccccc2c1. The fraction of sp³-hybridized carbons (Fsp3) is 0.0833. The molecule has 0 spiro atoms. The third kappa shape index (κ3) is 2.55. The van der Waals surface area contributed by atoms with E-state index in [1.54, 1.807) is 24.3 Å². The van der Waals surface area contributed by atoms with Crippen LogP contribution in [0.4, 0.5) is 8.78 Å². The molecule has 0 aromatic heterocycles. The Hall–Kier alpha value is -1.62. The van der Waals surface area contributed by atoms with Gasteiger partial charge in [-0.05, 0) is 34.7 Å². The lowest BCUT2D eigenvalue weighted by atomic mass is 10.1. The summed E-state index contributed by atoms with van der Waals surface area (Å²) in [4.78, 5) is 10.6. The van der Waals surface area contributed by atoms with Crippen molar-refractivity contribution >= 4 is 28.5 Å². The number of carboxylic acids is 1. The van der Waals surface area contributed by atoms with E-state index in [4.69, 9.17) is 5.11 Å². The van der Waals surface area contributed by atoms with Crippen molar-refractivity contribution < 1.29 is 18.7 Å². The van der Waals surface area contributed by atoms with Crippen LogP contribution in [0.3, 0.4) is 0 Å². The van der Waals surface area contributed by atoms with E-state index in [2.05, 4.69) is 0 Å². The van der Waals surface area contributed by atoms with Crippen molar-refractivity contribution in [3.05, 3.63) is 42.5 Å². The van der Waals surface area contributed by atoms with E-state index in [1.807, 2.05) is 12.1 Å². The van der Waals surface area contributed by atoms with Gasteiger partial charge in [-0.3, -0.25) is 0 Å². The zero-order chi connectivity index (χ0) is 12.5. The topological polar surface area (TPSA) is 37.3 Å². The fourth-order valence-electron chi connectivity index (χ4n) is 1.42. The first kappa shape index (κ1) is 11.9. The highest BCUT2D eigenvalue weighted by atomic mass is 32.2. The van der Waals surface area contributed by atoms with E-state index < -0.39 is 11.2 Å². The number of thioether (sulfide) groups is 1. The molecule has 2 rings (SSSR count). The predicted molar refractivity (Wildman–Crippen MR) is 62.4 cm³/mol. The summed E-state index contributed by atoms with van der Waals surface area (Å²) in [7, 11) is 0. The number of hydrogen-bond acceptors (Lipinski definition) is 2. The Balaban J connectivity index is 2.34. The minimum atomic E-state index is -3.80. The zero-order valence-electron chi connectivity index (χ0n) is 8.56. The lowest BCUT2D eigenvalue weighted by Crippen LogP contribution is -2.23. The van der Waals surface area contributed by atoms with Crippen molar-refractivity contribution in [3.8, 4) is 0 Å². The minimum Gasteiger partial charge on any atom is -0.476 e. The van der Waals surface area contributed by atoms with Gasteiger partial charge in [-0.15, -0.1) is 0 Å². The number of rotatable bonds is 3. The molecule has 0 saturated carbocycles. The van der Waals surface area contributed by atoms with Gasteiger partial charge in [0.15, 0.2) is 0 Å². The van der Waals surface area contributed by atoms with Crippen LogP contribution in [0.5, 0.6) is 0 Å². The van der Waals surface area contributed by atoms with Gasteiger partial charge in [-0.2, -0.15) is 8.78 Å². The second-order valence-electron chi connectivity index (χ2n) is 3.43. The molecule has 0 unspecified atom stereocenters. The molecule has 1 N–H and O–H groups in total. The van der Waals surface area contributed by atoms with Crippen molar-refractivity contribution in [1.82, 2.24) is 0 Å². The van der Waals surface area contributed by atoms with Gasteiger partial charge in [0.2, 0.25) is 0 Å². The molecule has 2 nitrogen and oxygen atoms in total. The van der Waals surface area contributed by atoms with E-state index in [0.717, 1.165) is 10.8 Å². The number of hydrogen-bond donors (Lipinski definition) is 1. The van der Waals surface area contributed by atoms with Crippen molar-refractivity contribution in [2.45, 2.75) is 10.2 Å². The average molecular weight is 254 g/mol. The second-order valence-corrected chi connectivity index (χ2v) is 4.62. The molecule has 0 aliphatic carbocycles. The van der Waals surface area contributed by atoms with Gasteiger partial charge in [0.25, 0.3) is 0 Å². The highest BCUT2D eigenvalue weighted by molar-refractivity contribution is 8.01. The number of carboxylic acid groups (broad SMARTS) is 1. The van der Waals surface area contributed by atoms with Crippen LogP contribution >= 0.6 is 11.8 Å². The molecule has 0 fully saturated rings. The maximum atomic E-state index is 13.0. The third-order valence-electron chi connectivity index (χ3n) is 2.22. The van der Waals surface area contributed by atoms with E-state index >= 15 is 0 Å². The molecule has 0 aliphatic heterocycles. The van der Waals surface area contributed by atoms with Crippen LogP contribution in [-0.2, 0) is 4.79 Å². The van der Waals surface area contributed by atoms with E-state index in [1.165, 1.54) is 6.07 Å². The molecule has 0 atom stereocenters. The maximum Gasteiger partial charge on any atom is 0.393 e. The summed E-state index contributed by atoms with van der Waals surface area (Å²) < 4.78 is 26.0. The third-order valence-corrected chi connectivity index (χ3v) is 3.14. The first-order valence-corrected chi connectivity index (χ1v) is 5.60. The van der Waals surface area contributed by atoms with Crippen LogP contribution in [0.2, 0.25) is 0 Å². The van der Waals surface area contributed by atoms with Crippen LogP contribution < -0.4 is 0 Å². The Morgan fingerprint density at radius 2 is 1.76 bits per heavy atom. The van der Waals surface area contributed by atoms with Crippen LogP contribution in [-0.4, -0.2) is 16.3 Å². The zero-order valence-corrected chi connectivity index (χ0v) is 9.38. The fourth-order valence-corrected chi connectivity index (χ4v) is 2.13. The Morgan fingerprint density at radius 1 is 1.12 bits per heavy atom. The Morgan fingerprint density at radius 3 is 2.41 bits per heavy atom. The van der Waals surface area contributed by atoms with Crippen LogP contribution in [0.25, 0.3) is 10.8 Å². The van der Waals surface area contributed by atoms with Crippen LogP contribution in [0.15, 0.2) is 47.4 Å². The van der Waals surface area contributed by atoms with Gasteiger partial charge < -0.3 is 5.11 Å². The molecular weight excluding hydrogens is 246 g/mol. The minimum absolute atomic E-state index is 0.0360.